The van der Waals surface area contributed by atoms with Gasteiger partial charge in [-0.3, -0.25) is 4.98 Å². The van der Waals surface area contributed by atoms with Crippen molar-refractivity contribution in [2.75, 3.05) is 0 Å². The van der Waals surface area contributed by atoms with Gasteiger partial charge < -0.3 is 0 Å². The molecule has 0 fully saturated rings. The number of alkyl halides is 3. The zero-order chi connectivity index (χ0) is 13.4. The molecule has 2 aromatic rings. The molecule has 1 aromatic heterocycles. The van der Waals surface area contributed by atoms with Crippen molar-refractivity contribution in [1.29, 1.82) is 5.26 Å². The van der Waals surface area contributed by atoms with Gasteiger partial charge in [0, 0.05) is 12.4 Å². The van der Waals surface area contributed by atoms with Crippen molar-refractivity contribution in [2.24, 2.45) is 0 Å². The van der Waals surface area contributed by atoms with Crippen molar-refractivity contribution in [3.8, 4) is 6.07 Å². The molecule has 18 heavy (non-hydrogen) atoms. The van der Waals surface area contributed by atoms with Gasteiger partial charge in [0.25, 0.3) is 0 Å². The van der Waals surface area contributed by atoms with Crippen LogP contribution in [0.2, 0.25) is 0 Å². The Bertz CT molecular complexity index is 489. The fourth-order valence-corrected chi connectivity index (χ4v) is 1.14. The van der Waals surface area contributed by atoms with Gasteiger partial charge in [-0.05, 0) is 24.3 Å². The normalized spacial score (nSPS) is 9.89. The summed E-state index contributed by atoms with van der Waals surface area (Å²) >= 11 is 0. The number of nitrogens with zero attached hydrogens (tertiary/aromatic N) is 2. The molecule has 0 saturated heterocycles. The monoisotopic (exact) mass is 250 g/mol. The average molecular weight is 250 g/mol. The van der Waals surface area contributed by atoms with E-state index in [0.717, 1.165) is 12.1 Å². The van der Waals surface area contributed by atoms with E-state index in [1.54, 1.807) is 12.4 Å². The molecular formula is C13H9F3N2. The molecule has 0 atom stereocenters. The van der Waals surface area contributed by atoms with Crippen molar-refractivity contribution in [1.82, 2.24) is 4.98 Å². The number of pyridine rings is 1. The van der Waals surface area contributed by atoms with Crippen molar-refractivity contribution in [3.63, 3.8) is 0 Å². The second-order valence-electron chi connectivity index (χ2n) is 3.18. The molecular weight excluding hydrogens is 241 g/mol. The predicted molar refractivity (Wildman–Crippen MR) is 60.4 cm³/mol. The van der Waals surface area contributed by atoms with E-state index in [1.165, 1.54) is 18.2 Å². The standard InChI is InChI=1S/C8H4F3N.C5H5N/c9-8(10,11)7-4-2-1-3-6(7)5-12;1-2-4-6-5-3-1/h1-4H;1-5H. The fourth-order valence-electron chi connectivity index (χ4n) is 1.14. The first-order valence-corrected chi connectivity index (χ1v) is 4.97. The Morgan fingerprint density at radius 3 is 1.89 bits per heavy atom. The zero-order valence-corrected chi connectivity index (χ0v) is 9.22. The maximum atomic E-state index is 12.1. The molecule has 0 amide bonds. The highest BCUT2D eigenvalue weighted by Crippen LogP contribution is 2.31. The molecule has 2 rings (SSSR count). The van der Waals surface area contributed by atoms with Gasteiger partial charge in [-0.25, -0.2) is 0 Å². The summed E-state index contributed by atoms with van der Waals surface area (Å²) in [6.07, 6.45) is -0.938. The van der Waals surface area contributed by atoms with Crippen molar-refractivity contribution < 1.29 is 13.2 Å². The summed E-state index contributed by atoms with van der Waals surface area (Å²) in [5.74, 6) is 0. The van der Waals surface area contributed by atoms with Gasteiger partial charge in [0.05, 0.1) is 17.2 Å². The van der Waals surface area contributed by atoms with Crippen molar-refractivity contribution in [2.45, 2.75) is 6.18 Å². The minimum Gasteiger partial charge on any atom is -0.265 e. The summed E-state index contributed by atoms with van der Waals surface area (Å²) in [6, 6.07) is 11.9. The molecule has 1 heterocycles. The van der Waals surface area contributed by atoms with Crippen LogP contribution in [0.15, 0.2) is 54.9 Å². The molecule has 0 spiro atoms. The Kier molecular flexibility index (Phi) is 4.88. The summed E-state index contributed by atoms with van der Waals surface area (Å²) in [4.78, 5) is 3.78. The highest BCUT2D eigenvalue weighted by Gasteiger charge is 2.32. The lowest BCUT2D eigenvalue weighted by atomic mass is 10.1. The third-order valence-corrected chi connectivity index (χ3v) is 1.92. The molecule has 1 aromatic carbocycles. The molecule has 0 radical (unpaired) electrons. The van der Waals surface area contributed by atoms with E-state index in [-0.39, 0.29) is 5.56 Å². The van der Waals surface area contributed by atoms with E-state index in [0.29, 0.717) is 0 Å². The van der Waals surface area contributed by atoms with E-state index < -0.39 is 11.7 Å². The van der Waals surface area contributed by atoms with Gasteiger partial charge in [-0.2, -0.15) is 18.4 Å². The number of benzene rings is 1. The largest absolute Gasteiger partial charge is 0.417 e. The lowest BCUT2D eigenvalue weighted by Gasteiger charge is -2.06. The second kappa shape index (κ2) is 6.40. The van der Waals surface area contributed by atoms with Crippen LogP contribution in [0.1, 0.15) is 11.1 Å². The van der Waals surface area contributed by atoms with Crippen LogP contribution in [0.5, 0.6) is 0 Å². The van der Waals surface area contributed by atoms with Crippen molar-refractivity contribution in [3.05, 3.63) is 66.0 Å². The lowest BCUT2D eigenvalue weighted by Crippen LogP contribution is -2.06. The maximum absolute atomic E-state index is 12.1. The minimum atomic E-state index is -4.44. The molecule has 5 heteroatoms. The topological polar surface area (TPSA) is 36.7 Å². The van der Waals surface area contributed by atoms with Crippen LogP contribution in [0.25, 0.3) is 0 Å². The number of hydrogen-bond acceptors (Lipinski definition) is 2. The fraction of sp³-hybridized carbons (Fsp3) is 0.0769. The van der Waals surface area contributed by atoms with E-state index in [1.807, 2.05) is 18.2 Å². The highest BCUT2D eigenvalue weighted by molar-refractivity contribution is 5.38. The first kappa shape index (κ1) is 13.7. The summed E-state index contributed by atoms with van der Waals surface area (Å²) in [5, 5.41) is 8.33. The van der Waals surface area contributed by atoms with Crippen LogP contribution >= 0.6 is 0 Å². The lowest BCUT2D eigenvalue weighted by molar-refractivity contribution is -0.137. The number of rotatable bonds is 0. The highest BCUT2D eigenvalue weighted by atomic mass is 19.4. The Hall–Kier alpha value is -2.35. The Morgan fingerprint density at radius 1 is 0.944 bits per heavy atom. The second-order valence-corrected chi connectivity index (χ2v) is 3.18. The summed E-state index contributed by atoms with van der Waals surface area (Å²) in [6.45, 7) is 0. The predicted octanol–water partition coefficient (Wildman–Crippen LogP) is 3.66. The molecule has 0 bridgehead atoms. The van der Waals surface area contributed by atoms with Crippen LogP contribution in [0, 0.1) is 11.3 Å². The smallest absolute Gasteiger partial charge is 0.265 e. The molecule has 0 aliphatic carbocycles. The van der Waals surface area contributed by atoms with Gasteiger partial charge in [-0.1, -0.05) is 18.2 Å². The van der Waals surface area contributed by atoms with Crippen LogP contribution < -0.4 is 0 Å². The van der Waals surface area contributed by atoms with Gasteiger partial charge in [0.15, 0.2) is 0 Å². The SMILES string of the molecule is N#Cc1ccccc1C(F)(F)F.c1ccncc1. The van der Waals surface area contributed by atoms with Gasteiger partial charge >= 0.3 is 6.18 Å². The van der Waals surface area contributed by atoms with Crippen LogP contribution in [0.3, 0.4) is 0 Å². The Morgan fingerprint density at radius 2 is 1.56 bits per heavy atom. The summed E-state index contributed by atoms with van der Waals surface area (Å²) in [7, 11) is 0. The minimum absolute atomic E-state index is 0.343. The molecule has 0 aliphatic heterocycles. The summed E-state index contributed by atoms with van der Waals surface area (Å²) in [5.41, 5.74) is -1.22. The zero-order valence-electron chi connectivity index (χ0n) is 9.22. The first-order valence-electron chi connectivity index (χ1n) is 4.97. The quantitative estimate of drug-likeness (QED) is 0.715. The van der Waals surface area contributed by atoms with Gasteiger partial charge in [0.2, 0.25) is 0 Å². The number of aromatic nitrogens is 1. The van der Waals surface area contributed by atoms with E-state index >= 15 is 0 Å². The molecule has 0 N–H and O–H groups in total. The molecule has 92 valence electrons. The molecule has 0 aliphatic rings. The van der Waals surface area contributed by atoms with Crippen LogP contribution in [-0.4, -0.2) is 4.98 Å². The van der Waals surface area contributed by atoms with E-state index in [9.17, 15) is 13.2 Å². The van der Waals surface area contributed by atoms with Crippen LogP contribution in [-0.2, 0) is 6.18 Å². The summed E-state index contributed by atoms with van der Waals surface area (Å²) < 4.78 is 36.3. The third-order valence-electron chi connectivity index (χ3n) is 1.92. The molecule has 0 unspecified atom stereocenters. The number of halogens is 3. The molecule has 0 saturated carbocycles. The van der Waals surface area contributed by atoms with E-state index in [4.69, 9.17) is 5.26 Å². The van der Waals surface area contributed by atoms with Crippen molar-refractivity contribution >= 4 is 0 Å². The van der Waals surface area contributed by atoms with Gasteiger partial charge in [-0.15, -0.1) is 0 Å². The van der Waals surface area contributed by atoms with Crippen LogP contribution in [0.4, 0.5) is 13.2 Å². The third kappa shape index (κ3) is 4.26. The Labute approximate surface area is 102 Å². The maximum Gasteiger partial charge on any atom is 0.417 e. The number of nitriles is 1. The first-order chi connectivity index (χ1) is 8.55. The number of hydrogen-bond donors (Lipinski definition) is 0. The molecule has 2 nitrogen and oxygen atoms in total. The Balaban J connectivity index is 0.000000225. The van der Waals surface area contributed by atoms with Gasteiger partial charge in [0.1, 0.15) is 0 Å². The van der Waals surface area contributed by atoms with E-state index in [2.05, 4.69) is 4.98 Å². The average Bonchev–Trinajstić information content (AvgIpc) is 2.40.